The van der Waals surface area contributed by atoms with Crippen LogP contribution in [0.15, 0.2) is 48.4 Å². The summed E-state index contributed by atoms with van der Waals surface area (Å²) < 4.78 is 3.29. The number of nitrogens with one attached hydrogen (secondary N) is 2. The smallest absolute Gasteiger partial charge is 0.249 e. The summed E-state index contributed by atoms with van der Waals surface area (Å²) >= 11 is 1.60. The first-order chi connectivity index (χ1) is 14.0. The topological polar surface area (TPSA) is 106 Å². The third-order valence-electron chi connectivity index (χ3n) is 4.95. The van der Waals surface area contributed by atoms with Gasteiger partial charge in [0.1, 0.15) is 11.6 Å². The summed E-state index contributed by atoms with van der Waals surface area (Å²) in [5, 5.41) is 4.45. The van der Waals surface area contributed by atoms with Crippen molar-refractivity contribution >= 4 is 40.3 Å². The van der Waals surface area contributed by atoms with Crippen LogP contribution in [-0.2, 0) is 4.79 Å². The first-order valence-corrected chi connectivity index (χ1v) is 10.5. The minimum absolute atomic E-state index is 0.167. The van der Waals surface area contributed by atoms with E-state index in [-0.39, 0.29) is 5.91 Å². The van der Waals surface area contributed by atoms with Crippen molar-refractivity contribution in [2.24, 2.45) is 0 Å². The molecule has 1 aliphatic rings. The normalized spacial score (nSPS) is 15.8. The van der Waals surface area contributed by atoms with Gasteiger partial charge in [-0.25, -0.2) is 9.97 Å². The van der Waals surface area contributed by atoms with Crippen LogP contribution in [0.5, 0.6) is 0 Å². The monoisotopic (exact) mass is 406 g/mol. The van der Waals surface area contributed by atoms with Gasteiger partial charge >= 0.3 is 0 Å². The Balaban J connectivity index is 1.56. The number of aromatic nitrogens is 3. The van der Waals surface area contributed by atoms with Crippen LogP contribution >= 0.6 is 11.9 Å². The number of amides is 1. The van der Waals surface area contributed by atoms with E-state index in [1.54, 1.807) is 36.6 Å². The Kier molecular flexibility index (Phi) is 5.46. The molecular weight excluding hydrogens is 384 g/mol. The first kappa shape index (κ1) is 19.4. The van der Waals surface area contributed by atoms with E-state index < -0.39 is 0 Å². The number of nitrogen functional groups attached to an aromatic ring is 1. The maximum absolute atomic E-state index is 12.3. The lowest BCUT2D eigenvalue weighted by Crippen LogP contribution is -2.32. The fourth-order valence-electron chi connectivity index (χ4n) is 3.40. The largest absolute Gasteiger partial charge is 0.383 e. The Hall–Kier alpha value is -2.97. The lowest BCUT2D eigenvalue weighted by molar-refractivity contribution is -0.112. The number of pyridine rings is 3. The van der Waals surface area contributed by atoms with Crippen LogP contribution < -0.4 is 15.8 Å². The van der Waals surface area contributed by atoms with Gasteiger partial charge in [0.05, 0.1) is 5.69 Å². The van der Waals surface area contributed by atoms with E-state index in [0.29, 0.717) is 17.7 Å². The van der Waals surface area contributed by atoms with Gasteiger partial charge in [-0.15, -0.1) is 0 Å². The molecule has 4 rings (SSSR count). The summed E-state index contributed by atoms with van der Waals surface area (Å²) in [6.07, 6.45) is 10.6. The molecule has 8 heteroatoms. The first-order valence-electron chi connectivity index (χ1n) is 9.29. The lowest BCUT2D eigenvalue weighted by Gasteiger charge is -2.29. The third kappa shape index (κ3) is 4.23. The number of anilines is 2. The Morgan fingerprint density at radius 2 is 2.14 bits per heavy atom. The van der Waals surface area contributed by atoms with E-state index in [9.17, 15) is 4.79 Å². The minimum Gasteiger partial charge on any atom is -0.383 e. The van der Waals surface area contributed by atoms with Crippen LogP contribution in [0.1, 0.15) is 18.4 Å². The van der Waals surface area contributed by atoms with Crippen molar-refractivity contribution in [3.8, 4) is 11.3 Å². The maximum Gasteiger partial charge on any atom is 0.249 e. The zero-order valence-corrected chi connectivity index (χ0v) is 17.1. The predicted molar refractivity (Wildman–Crippen MR) is 118 cm³/mol. The van der Waals surface area contributed by atoms with E-state index in [1.807, 2.05) is 31.4 Å². The molecule has 0 radical (unpaired) electrons. The van der Waals surface area contributed by atoms with Gasteiger partial charge in [-0.2, -0.15) is 0 Å². The summed E-state index contributed by atoms with van der Waals surface area (Å²) in [6, 6.07) is 6.14. The number of carbonyl (C=O) groups excluding carboxylic acids is 1. The predicted octanol–water partition coefficient (Wildman–Crippen LogP) is 3.48. The molecule has 0 unspecified atom stereocenters. The van der Waals surface area contributed by atoms with Crippen molar-refractivity contribution < 1.29 is 4.79 Å². The average molecular weight is 407 g/mol. The van der Waals surface area contributed by atoms with E-state index in [0.717, 1.165) is 46.0 Å². The number of fused-ring (bicyclic) bond motifs is 1. The van der Waals surface area contributed by atoms with Crippen molar-refractivity contribution in [2.45, 2.75) is 25.8 Å². The molecule has 3 aromatic heterocycles. The van der Waals surface area contributed by atoms with E-state index in [2.05, 4.69) is 25.0 Å². The van der Waals surface area contributed by atoms with Crippen LogP contribution in [0.3, 0.4) is 0 Å². The van der Waals surface area contributed by atoms with Crippen LogP contribution in [0.4, 0.5) is 11.6 Å². The minimum atomic E-state index is -0.167. The number of hydrogen-bond acceptors (Lipinski definition) is 7. The molecule has 0 aliphatic heterocycles. The van der Waals surface area contributed by atoms with Crippen LogP contribution in [0.2, 0.25) is 0 Å². The molecule has 3 aromatic rings. The molecule has 1 saturated carbocycles. The van der Waals surface area contributed by atoms with Crippen molar-refractivity contribution in [1.82, 2.24) is 19.7 Å². The van der Waals surface area contributed by atoms with Gasteiger partial charge in [0.2, 0.25) is 5.91 Å². The molecule has 7 nitrogen and oxygen atoms in total. The number of rotatable bonds is 5. The highest BCUT2D eigenvalue weighted by Gasteiger charge is 2.23. The van der Waals surface area contributed by atoms with Gasteiger partial charge < -0.3 is 11.1 Å². The van der Waals surface area contributed by atoms with E-state index in [4.69, 9.17) is 5.73 Å². The molecule has 0 atom stereocenters. The van der Waals surface area contributed by atoms with E-state index >= 15 is 0 Å². The second kappa shape index (κ2) is 8.18. The average Bonchev–Trinajstić information content (AvgIpc) is 2.66. The van der Waals surface area contributed by atoms with Gasteiger partial charge in [0.15, 0.2) is 0 Å². The van der Waals surface area contributed by atoms with Crippen molar-refractivity contribution in [2.75, 3.05) is 17.3 Å². The third-order valence-corrected chi connectivity index (χ3v) is 5.52. The molecule has 1 aliphatic carbocycles. The standard InChI is InChI=1S/C21H22N6OS/c1-12-3-4-23-10-16(12)18-8-14-9-19(24-11-17(14)21(22)25-18)26-20(28)7-13-5-15(6-13)27-29-2/h3-4,7-11,15,27H,5-6H2,1-2H3,(H2,22,25)(H,24,26,28). The number of nitrogens with two attached hydrogens (primary N) is 1. The highest BCUT2D eigenvalue weighted by molar-refractivity contribution is 7.96. The maximum atomic E-state index is 12.3. The van der Waals surface area contributed by atoms with Crippen molar-refractivity contribution in [3.63, 3.8) is 0 Å². The van der Waals surface area contributed by atoms with Crippen LogP contribution in [0, 0.1) is 6.92 Å². The molecule has 0 aromatic carbocycles. The van der Waals surface area contributed by atoms with Gasteiger partial charge in [-0.05, 0) is 55.2 Å². The highest BCUT2D eigenvalue weighted by Crippen LogP contribution is 2.29. The fraction of sp³-hybridized carbons (Fsp3) is 0.238. The number of carbonyl (C=O) groups is 1. The molecule has 0 bridgehead atoms. The molecule has 0 spiro atoms. The lowest BCUT2D eigenvalue weighted by atomic mass is 9.87. The second-order valence-corrected chi connectivity index (χ2v) is 7.74. The second-order valence-electron chi connectivity index (χ2n) is 7.09. The van der Waals surface area contributed by atoms with Gasteiger partial charge in [0, 0.05) is 41.7 Å². The van der Waals surface area contributed by atoms with E-state index in [1.165, 1.54) is 0 Å². The van der Waals surface area contributed by atoms with Crippen molar-refractivity contribution in [1.29, 1.82) is 0 Å². The molecule has 3 heterocycles. The molecule has 148 valence electrons. The molecule has 0 saturated heterocycles. The summed E-state index contributed by atoms with van der Waals surface area (Å²) in [5.74, 6) is 0.715. The Labute approximate surface area is 173 Å². The molecule has 1 fully saturated rings. The summed E-state index contributed by atoms with van der Waals surface area (Å²) in [7, 11) is 0. The molecule has 1 amide bonds. The highest BCUT2D eigenvalue weighted by atomic mass is 32.2. The van der Waals surface area contributed by atoms with Crippen molar-refractivity contribution in [3.05, 3.63) is 54.0 Å². The fourth-order valence-corrected chi connectivity index (χ4v) is 3.90. The summed E-state index contributed by atoms with van der Waals surface area (Å²) in [5.41, 5.74) is 10.0. The molecule has 29 heavy (non-hydrogen) atoms. The summed E-state index contributed by atoms with van der Waals surface area (Å²) in [6.45, 7) is 2.00. The Morgan fingerprint density at radius 3 is 2.90 bits per heavy atom. The number of nitrogens with zero attached hydrogens (tertiary/aromatic N) is 3. The molecule has 4 N–H and O–H groups in total. The zero-order valence-electron chi connectivity index (χ0n) is 16.3. The Bertz CT molecular complexity index is 1110. The quantitative estimate of drug-likeness (QED) is 0.440. The summed E-state index contributed by atoms with van der Waals surface area (Å²) in [4.78, 5) is 25.3. The van der Waals surface area contributed by atoms with Gasteiger partial charge in [-0.1, -0.05) is 17.5 Å². The number of aryl methyl sites for hydroxylation is 1. The van der Waals surface area contributed by atoms with Crippen LogP contribution in [-0.4, -0.2) is 33.2 Å². The number of hydrogen-bond donors (Lipinski definition) is 3. The molecular formula is C21H22N6OS. The Morgan fingerprint density at radius 1 is 1.31 bits per heavy atom. The zero-order chi connectivity index (χ0) is 20.4. The van der Waals surface area contributed by atoms with Gasteiger partial charge in [0.25, 0.3) is 0 Å². The van der Waals surface area contributed by atoms with Crippen LogP contribution in [0.25, 0.3) is 22.0 Å². The SMILES string of the molecule is CSNC1CC(=CC(=O)Nc2cc3cc(-c4cnccc4C)nc(N)c3cn2)C1. The van der Waals surface area contributed by atoms with Gasteiger partial charge in [-0.3, -0.25) is 14.5 Å².